The van der Waals surface area contributed by atoms with Gasteiger partial charge < -0.3 is 5.73 Å². The third-order valence-electron chi connectivity index (χ3n) is 3.80. The maximum Gasteiger partial charge on any atom is 0.180 e. The van der Waals surface area contributed by atoms with E-state index < -0.39 is 0 Å². The van der Waals surface area contributed by atoms with Gasteiger partial charge in [0, 0.05) is 11.3 Å². The van der Waals surface area contributed by atoms with Crippen LogP contribution in [-0.4, -0.2) is 4.98 Å². The normalized spacial score (nSPS) is 26.1. The van der Waals surface area contributed by atoms with Crippen molar-refractivity contribution >= 4 is 16.5 Å². The molecule has 0 saturated heterocycles. The molecule has 94 valence electrons. The number of hydrogen-bond acceptors (Lipinski definition) is 3. The Morgan fingerprint density at radius 2 is 2.18 bits per heavy atom. The molecule has 1 aromatic rings. The molecule has 2 rings (SSSR count). The van der Waals surface area contributed by atoms with Gasteiger partial charge >= 0.3 is 0 Å². The maximum absolute atomic E-state index is 5.72. The van der Waals surface area contributed by atoms with E-state index >= 15 is 0 Å². The summed E-state index contributed by atoms with van der Waals surface area (Å²) in [6.45, 7) is 3.86. The van der Waals surface area contributed by atoms with Crippen LogP contribution in [0.5, 0.6) is 0 Å². The molecule has 1 aliphatic carbocycles. The fraction of sp³-hybridized carbons (Fsp3) is 0.643. The van der Waals surface area contributed by atoms with E-state index in [1.165, 1.54) is 50.6 Å². The summed E-state index contributed by atoms with van der Waals surface area (Å²) < 4.78 is 0. The van der Waals surface area contributed by atoms with Crippen LogP contribution in [0.25, 0.3) is 0 Å². The second kappa shape index (κ2) is 6.20. The first-order valence-corrected chi connectivity index (χ1v) is 7.49. The average Bonchev–Trinajstić information content (AvgIpc) is 2.69. The number of nitrogens with two attached hydrogens (primary N) is 1. The average molecular weight is 250 g/mol. The third kappa shape index (κ3) is 3.56. The summed E-state index contributed by atoms with van der Waals surface area (Å²) in [5.41, 5.74) is 6.95. The molecule has 0 bridgehead atoms. The molecule has 3 heteroatoms. The summed E-state index contributed by atoms with van der Waals surface area (Å²) in [7, 11) is 0. The van der Waals surface area contributed by atoms with E-state index in [1.54, 1.807) is 11.3 Å². The number of nitrogens with zero attached hydrogens (tertiary/aromatic N) is 1. The smallest absolute Gasteiger partial charge is 0.180 e. The van der Waals surface area contributed by atoms with E-state index in [1.807, 2.05) is 0 Å². The largest absolute Gasteiger partial charge is 0.375 e. The quantitative estimate of drug-likeness (QED) is 0.810. The van der Waals surface area contributed by atoms with Crippen LogP contribution in [0.1, 0.15) is 56.6 Å². The van der Waals surface area contributed by atoms with E-state index in [0.29, 0.717) is 11.0 Å². The van der Waals surface area contributed by atoms with Crippen LogP contribution >= 0.6 is 11.3 Å². The Morgan fingerprint density at radius 3 is 2.88 bits per heavy atom. The van der Waals surface area contributed by atoms with Crippen LogP contribution in [0.4, 0.5) is 5.13 Å². The van der Waals surface area contributed by atoms with E-state index in [9.17, 15) is 0 Å². The minimum Gasteiger partial charge on any atom is -0.375 e. The number of anilines is 1. The first-order valence-electron chi connectivity index (χ1n) is 6.61. The number of aromatic nitrogens is 1. The molecule has 1 saturated carbocycles. The van der Waals surface area contributed by atoms with Crippen molar-refractivity contribution in [2.24, 2.45) is 5.92 Å². The van der Waals surface area contributed by atoms with Crippen LogP contribution in [0, 0.1) is 5.92 Å². The van der Waals surface area contributed by atoms with Gasteiger partial charge in [0.15, 0.2) is 5.13 Å². The zero-order valence-corrected chi connectivity index (χ0v) is 11.2. The topological polar surface area (TPSA) is 38.9 Å². The fourth-order valence-corrected chi connectivity index (χ4v) is 3.45. The number of thiazole rings is 1. The lowest BCUT2D eigenvalue weighted by molar-refractivity contribution is 0.355. The number of rotatable bonds is 3. The van der Waals surface area contributed by atoms with E-state index in [-0.39, 0.29) is 0 Å². The van der Waals surface area contributed by atoms with Gasteiger partial charge in [0.2, 0.25) is 0 Å². The molecule has 0 radical (unpaired) electrons. The van der Waals surface area contributed by atoms with Crippen LogP contribution in [-0.2, 0) is 0 Å². The summed E-state index contributed by atoms with van der Waals surface area (Å²) in [6.07, 6.45) is 11.2. The predicted octanol–water partition coefficient (Wildman–Crippen LogP) is 4.36. The van der Waals surface area contributed by atoms with E-state index in [4.69, 9.17) is 5.73 Å². The molecule has 0 aliphatic heterocycles. The summed E-state index contributed by atoms with van der Waals surface area (Å²) in [6, 6.07) is 0. The first-order chi connectivity index (χ1) is 8.29. The molecule has 1 aromatic heterocycles. The zero-order valence-electron chi connectivity index (χ0n) is 10.4. The van der Waals surface area contributed by atoms with E-state index in [0.717, 1.165) is 5.92 Å². The van der Waals surface area contributed by atoms with Crippen LogP contribution in [0.2, 0.25) is 0 Å². The minimum absolute atomic E-state index is 0.635. The Kier molecular flexibility index (Phi) is 4.60. The van der Waals surface area contributed by atoms with Gasteiger partial charge in [-0.2, -0.15) is 0 Å². The standard InChI is InChI=1S/C14H22N2S/c1-2-5-11-6-3-4-7-12(9-8-11)13-10-17-14(15)16-13/h2,10-12H,1,3-9H2,(H2,15,16)/t11?,12-/m0/s1. The molecule has 1 aliphatic rings. The first kappa shape index (κ1) is 12.6. The molecule has 0 spiro atoms. The molecule has 0 amide bonds. The highest BCUT2D eigenvalue weighted by molar-refractivity contribution is 7.13. The monoisotopic (exact) mass is 250 g/mol. The summed E-state index contributed by atoms with van der Waals surface area (Å²) >= 11 is 1.57. The lowest BCUT2D eigenvalue weighted by Gasteiger charge is -2.23. The third-order valence-corrected chi connectivity index (χ3v) is 4.49. The second-order valence-corrected chi connectivity index (χ2v) is 5.95. The van der Waals surface area contributed by atoms with Crippen molar-refractivity contribution < 1.29 is 0 Å². The van der Waals surface area contributed by atoms with Crippen molar-refractivity contribution in [3.8, 4) is 0 Å². The van der Waals surface area contributed by atoms with Crippen molar-refractivity contribution in [2.45, 2.75) is 50.9 Å². The van der Waals surface area contributed by atoms with Gasteiger partial charge in [0.1, 0.15) is 0 Å². The molecule has 2 atom stereocenters. The van der Waals surface area contributed by atoms with E-state index in [2.05, 4.69) is 23.0 Å². The van der Waals surface area contributed by atoms with Crippen molar-refractivity contribution in [3.63, 3.8) is 0 Å². The molecule has 1 heterocycles. The van der Waals surface area contributed by atoms with Gasteiger partial charge in [-0.15, -0.1) is 17.9 Å². The molecule has 17 heavy (non-hydrogen) atoms. The Balaban J connectivity index is 1.96. The van der Waals surface area contributed by atoms with Gasteiger partial charge in [-0.05, 0) is 31.6 Å². The Labute approximate surface area is 108 Å². The van der Waals surface area contributed by atoms with Gasteiger partial charge in [0.05, 0.1) is 5.69 Å². The predicted molar refractivity (Wildman–Crippen MR) is 75.3 cm³/mol. The van der Waals surface area contributed by atoms with Crippen LogP contribution in [0.15, 0.2) is 18.0 Å². The number of hydrogen-bond donors (Lipinski definition) is 1. The Morgan fingerprint density at radius 1 is 1.35 bits per heavy atom. The van der Waals surface area contributed by atoms with Crippen LogP contribution in [0.3, 0.4) is 0 Å². The summed E-state index contributed by atoms with van der Waals surface area (Å²) in [4.78, 5) is 4.45. The molecular weight excluding hydrogens is 228 g/mol. The molecule has 1 fully saturated rings. The Hall–Kier alpha value is -0.830. The van der Waals surface area contributed by atoms with Gasteiger partial charge in [-0.25, -0.2) is 4.98 Å². The molecular formula is C14H22N2S. The number of nitrogen functional groups attached to an aromatic ring is 1. The highest BCUT2D eigenvalue weighted by Gasteiger charge is 2.19. The molecule has 1 unspecified atom stereocenters. The Bertz CT molecular complexity index is 359. The van der Waals surface area contributed by atoms with Gasteiger partial charge in [0.25, 0.3) is 0 Å². The summed E-state index contributed by atoms with van der Waals surface area (Å²) in [5, 5.41) is 2.86. The van der Waals surface area contributed by atoms with Crippen molar-refractivity contribution in [2.75, 3.05) is 5.73 Å². The molecule has 2 nitrogen and oxygen atoms in total. The highest BCUT2D eigenvalue weighted by atomic mass is 32.1. The lowest BCUT2D eigenvalue weighted by atomic mass is 9.83. The minimum atomic E-state index is 0.635. The summed E-state index contributed by atoms with van der Waals surface area (Å²) in [5.74, 6) is 1.47. The highest BCUT2D eigenvalue weighted by Crippen LogP contribution is 2.34. The second-order valence-electron chi connectivity index (χ2n) is 5.06. The molecule has 2 N–H and O–H groups in total. The SMILES string of the molecule is C=CCC1CCCC[C@H](c2csc(N)n2)CC1. The lowest BCUT2D eigenvalue weighted by Crippen LogP contribution is -2.09. The van der Waals surface area contributed by atoms with Gasteiger partial charge in [-0.3, -0.25) is 0 Å². The molecule has 0 aromatic carbocycles. The zero-order chi connectivity index (χ0) is 12.1. The van der Waals surface area contributed by atoms with Crippen molar-refractivity contribution in [3.05, 3.63) is 23.7 Å². The van der Waals surface area contributed by atoms with Crippen LogP contribution < -0.4 is 5.73 Å². The number of allylic oxidation sites excluding steroid dienone is 1. The van der Waals surface area contributed by atoms with Gasteiger partial charge in [-0.1, -0.05) is 25.3 Å². The maximum atomic E-state index is 5.72. The fourth-order valence-electron chi connectivity index (χ4n) is 2.80. The van der Waals surface area contributed by atoms with Crippen molar-refractivity contribution in [1.29, 1.82) is 0 Å². The van der Waals surface area contributed by atoms with Crippen molar-refractivity contribution in [1.82, 2.24) is 4.98 Å².